The number of fused-ring (bicyclic) bond motifs is 1. The van der Waals surface area contributed by atoms with E-state index in [1.54, 1.807) is 0 Å². The number of ether oxygens (including phenoxy) is 1. The molecule has 6 nitrogen and oxygen atoms in total. The first kappa shape index (κ1) is 22.2. The number of rotatable bonds is 12. The minimum Gasteiger partial charge on any atom is -0.384 e. The number of piperidine rings is 1. The van der Waals surface area contributed by atoms with E-state index in [1.165, 1.54) is 19.1 Å². The van der Waals surface area contributed by atoms with E-state index in [1.807, 2.05) is 0 Å². The number of hydrogen-bond donors (Lipinski definition) is 1. The zero-order chi connectivity index (χ0) is 52.9. The average molecular weight is 769 g/mol. The van der Waals surface area contributed by atoms with Crippen molar-refractivity contribution < 1.29 is 59.9 Å². The number of thioether (sulfide) groups is 1. The molecule has 53 heavy (non-hydrogen) atoms. The molecule has 12 heteroatoms. The Labute approximate surface area is 334 Å². The fraction of sp³-hybridized carbons (Fsp3) is 0.341. The lowest BCUT2D eigenvalue weighted by Gasteiger charge is -2.40. The summed E-state index contributed by atoms with van der Waals surface area (Å²) in [4.78, 5) is 15.1. The highest BCUT2D eigenvalue weighted by Crippen LogP contribution is 2.41. The molecule has 0 saturated carbocycles. The second-order valence-electron chi connectivity index (χ2n) is 11.5. The molecule has 1 fully saturated rings. The SMILES string of the molecule is [2H]C1=C(SCc2cccc(F)c2F)N(C([2H])([2H])C(=O)N(Cc2ccc(-c3ccc(C(F)(F)F)cc3)cc2)C2([2H])C([2H])([2H])C([2H])([2H])N(C([2H])([2H])COC)C([2H])([2H])C2([2H])[2H])c2c([2H])c([2H])c(C)c([2H])c2C1O. The fourth-order valence-electron chi connectivity index (χ4n) is 5.13. The van der Waals surface area contributed by atoms with E-state index < -0.39 is 150 Å². The van der Waals surface area contributed by atoms with Crippen LogP contribution in [0, 0.1) is 18.6 Å². The topological polar surface area (TPSA) is 56.3 Å². The van der Waals surface area contributed by atoms with Crippen LogP contribution < -0.4 is 4.90 Å². The zero-order valence-electron chi connectivity index (χ0n) is 45.0. The quantitative estimate of drug-likeness (QED) is 0.146. The molecule has 280 valence electrons. The van der Waals surface area contributed by atoms with E-state index in [-0.39, 0.29) is 43.8 Å². The van der Waals surface area contributed by atoms with E-state index in [2.05, 4.69) is 0 Å². The second kappa shape index (κ2) is 16.8. The Hall–Kier alpha value is -4.23. The Morgan fingerprint density at radius 1 is 1.08 bits per heavy atom. The molecule has 2 heterocycles. The largest absolute Gasteiger partial charge is 0.416 e. The summed E-state index contributed by atoms with van der Waals surface area (Å²) in [6.45, 7) is -17.2. The van der Waals surface area contributed by atoms with Crippen LogP contribution in [0.25, 0.3) is 11.1 Å². The molecular formula is C41H42F5N3O3S. The third kappa shape index (κ3) is 9.29. The molecule has 4 aromatic carbocycles. The summed E-state index contributed by atoms with van der Waals surface area (Å²) in [6.07, 6.45) is -15.6. The highest BCUT2D eigenvalue weighted by Gasteiger charge is 2.33. The number of methoxy groups -OCH3 is 1. The maximum absolute atomic E-state index is 15.6. The van der Waals surface area contributed by atoms with Gasteiger partial charge in [0.2, 0.25) is 5.91 Å². The van der Waals surface area contributed by atoms with Gasteiger partial charge < -0.3 is 24.5 Å². The summed E-state index contributed by atoms with van der Waals surface area (Å²) in [7, 11) is 0.920. The van der Waals surface area contributed by atoms with Gasteiger partial charge in [-0.3, -0.25) is 4.79 Å². The van der Waals surface area contributed by atoms with Crippen LogP contribution >= 0.6 is 11.8 Å². The Bertz CT molecular complexity index is 2700. The van der Waals surface area contributed by atoms with Crippen molar-refractivity contribution in [3.63, 3.8) is 0 Å². The number of halogens is 5. The van der Waals surface area contributed by atoms with E-state index in [4.69, 9.17) is 18.4 Å². The van der Waals surface area contributed by atoms with E-state index >= 15 is 9.18 Å². The predicted molar refractivity (Wildman–Crippen MR) is 198 cm³/mol. The number of aliphatic hydroxyl groups is 1. The number of anilines is 1. The molecular weight excluding hydrogens is 710 g/mol. The Morgan fingerprint density at radius 3 is 2.42 bits per heavy atom. The zero-order valence-corrected chi connectivity index (χ0v) is 28.8. The molecule has 0 aliphatic carbocycles. The van der Waals surface area contributed by atoms with Gasteiger partial charge in [0, 0.05) is 75.4 Å². The van der Waals surface area contributed by atoms with Crippen molar-refractivity contribution >= 4 is 23.4 Å². The fourth-order valence-corrected chi connectivity index (χ4v) is 6.10. The molecule has 0 radical (unpaired) electrons. The first-order chi connectivity index (χ1) is 32.0. The number of amides is 1. The van der Waals surface area contributed by atoms with Gasteiger partial charge in [-0.05, 0) is 66.7 Å². The molecule has 2 aliphatic rings. The number of carbonyl (C=O) groups is 1. The smallest absolute Gasteiger partial charge is 0.384 e. The van der Waals surface area contributed by atoms with Crippen molar-refractivity contribution in [2.24, 2.45) is 0 Å². The first-order valence-electron chi connectivity index (χ1n) is 24.2. The maximum atomic E-state index is 15.6. The van der Waals surface area contributed by atoms with Crippen molar-refractivity contribution in [3.8, 4) is 11.1 Å². The number of alkyl halides is 3. The number of likely N-dealkylation sites (tertiary alicyclic amines) is 1. The third-order valence-corrected chi connectivity index (χ3v) is 8.83. The Balaban J connectivity index is 1.62. The van der Waals surface area contributed by atoms with Crippen molar-refractivity contribution in [2.45, 2.75) is 50.3 Å². The molecule has 0 aromatic heterocycles. The summed E-state index contributed by atoms with van der Waals surface area (Å²) in [5.74, 6) is -5.67. The molecule has 0 spiro atoms. The Morgan fingerprint density at radius 2 is 1.75 bits per heavy atom. The lowest BCUT2D eigenvalue weighted by Crippen LogP contribution is -2.50. The van der Waals surface area contributed by atoms with Gasteiger partial charge in [0.1, 0.15) is 12.6 Å². The average Bonchev–Trinajstić information content (AvgIpc) is 3.26. The summed E-state index contributed by atoms with van der Waals surface area (Å²) >= 11 is 0.282. The monoisotopic (exact) mass is 768 g/mol. The van der Waals surface area contributed by atoms with Crippen molar-refractivity contribution in [3.05, 3.63) is 135 Å². The summed E-state index contributed by atoms with van der Waals surface area (Å²) in [5, 5.41) is 10.7. The van der Waals surface area contributed by atoms with Crippen LogP contribution in [0.4, 0.5) is 27.6 Å². The lowest BCUT2D eigenvalue weighted by molar-refractivity contribution is -0.137. The highest BCUT2D eigenvalue weighted by atomic mass is 32.2. The second-order valence-corrected chi connectivity index (χ2v) is 12.4. The van der Waals surface area contributed by atoms with Crippen LogP contribution in [0.3, 0.4) is 0 Å². The van der Waals surface area contributed by atoms with E-state index in [0.717, 1.165) is 61.7 Å². The van der Waals surface area contributed by atoms with Crippen LogP contribution in [0.2, 0.25) is 0 Å². The molecule has 4 aromatic rings. The van der Waals surface area contributed by atoms with Gasteiger partial charge in [0.15, 0.2) is 11.6 Å². The predicted octanol–water partition coefficient (Wildman–Crippen LogP) is 8.73. The molecule has 1 N–H and O–H groups in total. The van der Waals surface area contributed by atoms with Gasteiger partial charge in [-0.1, -0.05) is 66.2 Å². The summed E-state index contributed by atoms with van der Waals surface area (Å²) in [6, 6.07) is 3.72. The van der Waals surface area contributed by atoms with Crippen LogP contribution in [0.5, 0.6) is 0 Å². The van der Waals surface area contributed by atoms with Crippen molar-refractivity contribution in [1.82, 2.24) is 9.80 Å². The maximum Gasteiger partial charge on any atom is 0.416 e. The summed E-state index contributed by atoms with van der Waals surface area (Å²) < 4.78 is 229. The number of carbonyl (C=O) groups excluding carboxylic acids is 1. The molecule has 1 saturated heterocycles. The highest BCUT2D eigenvalue weighted by molar-refractivity contribution is 8.02. The molecule has 1 amide bonds. The van der Waals surface area contributed by atoms with Gasteiger partial charge in [0.05, 0.1) is 26.8 Å². The molecule has 1 unspecified atom stereocenters. The third-order valence-electron chi connectivity index (χ3n) is 7.80. The number of nitrogens with zero attached hydrogens (tertiary/aromatic N) is 3. The van der Waals surface area contributed by atoms with Gasteiger partial charge >= 0.3 is 6.18 Å². The van der Waals surface area contributed by atoms with Gasteiger partial charge in [-0.25, -0.2) is 8.78 Å². The van der Waals surface area contributed by atoms with Crippen LogP contribution in [-0.4, -0.2) is 66.5 Å². The molecule has 1 atom stereocenters. The van der Waals surface area contributed by atoms with Gasteiger partial charge in [0.25, 0.3) is 0 Å². The van der Waals surface area contributed by atoms with Crippen molar-refractivity contribution in [1.29, 1.82) is 0 Å². The molecule has 0 bridgehead atoms. The van der Waals surface area contributed by atoms with Crippen molar-refractivity contribution in [2.75, 3.05) is 44.6 Å². The molecule has 6 rings (SSSR count). The summed E-state index contributed by atoms with van der Waals surface area (Å²) in [5.41, 5.74) is -3.13. The van der Waals surface area contributed by atoms with Crippen LogP contribution in [-0.2, 0) is 28.0 Å². The molecule has 2 aliphatic heterocycles. The van der Waals surface area contributed by atoms with Gasteiger partial charge in [-0.2, -0.15) is 13.2 Å². The van der Waals surface area contributed by atoms with E-state index in [9.17, 15) is 32.3 Å². The Kier molecular flexibility index (Phi) is 7.06. The number of benzene rings is 4. The van der Waals surface area contributed by atoms with Crippen LogP contribution in [0.15, 0.2) is 95.9 Å². The number of hydrogen-bond acceptors (Lipinski definition) is 6. The van der Waals surface area contributed by atoms with Gasteiger partial charge in [-0.15, -0.1) is 11.8 Å². The standard InChI is InChI=1S/C41H42F5N3O3S/c1-27-6-15-36-34(22-27)37(50)23-39(53-26-31-4-3-5-35(42)40(31)43)49(36)25-38(51)48(33-16-18-47(19-17-33)20-21-52-2)24-28-7-9-29(10-8-28)30-11-13-32(14-12-30)41(44,45)46/h3-15,22-23,33,37,50H,16-21,24-26H2,1-2H3/i6D,15D,16D2,17D2,18D2,19D2,20D2,22D,23D,25D2,33D. The van der Waals surface area contributed by atoms with Crippen LogP contribution in [0.1, 0.15) is 70.0 Å². The number of aliphatic hydroxyl groups excluding tert-OH is 1. The lowest BCUT2D eigenvalue weighted by atomic mass is 9.99. The minimum atomic E-state index is -4.68. The minimum absolute atomic E-state index is 0.199. The first-order valence-corrected chi connectivity index (χ1v) is 16.7. The normalized spacial score (nSPS) is 26.5. The van der Waals surface area contributed by atoms with E-state index in [0.29, 0.717) is 0 Å².